The first-order chi connectivity index (χ1) is 4.84. The van der Waals surface area contributed by atoms with Crippen LogP contribution < -0.4 is 0 Å². The van der Waals surface area contributed by atoms with Crippen molar-refractivity contribution in [3.8, 4) is 0 Å². The minimum atomic E-state index is 0.767. The van der Waals surface area contributed by atoms with Crippen LogP contribution in [0.25, 0.3) is 0 Å². The van der Waals surface area contributed by atoms with Crippen molar-refractivity contribution in [2.75, 3.05) is 5.75 Å². The summed E-state index contributed by atoms with van der Waals surface area (Å²) < 4.78 is 1.61. The summed E-state index contributed by atoms with van der Waals surface area (Å²) in [6.07, 6.45) is 0. The van der Waals surface area contributed by atoms with Gasteiger partial charge in [-0.15, -0.1) is 5.10 Å². The van der Waals surface area contributed by atoms with E-state index in [-0.39, 0.29) is 0 Å². The molecular weight excluding hydrogens is 168 g/mol. The SMILES string of the molecule is Cn1nnnc1SCC=S. The van der Waals surface area contributed by atoms with Crippen LogP contribution in [0.2, 0.25) is 0 Å². The van der Waals surface area contributed by atoms with Crippen molar-refractivity contribution in [2.24, 2.45) is 7.05 Å². The molecule has 0 aromatic carbocycles. The van der Waals surface area contributed by atoms with E-state index in [4.69, 9.17) is 0 Å². The number of hydrogen-bond acceptors (Lipinski definition) is 5. The van der Waals surface area contributed by atoms with Crippen molar-refractivity contribution >= 4 is 29.3 Å². The van der Waals surface area contributed by atoms with Crippen molar-refractivity contribution in [3.63, 3.8) is 0 Å². The lowest BCUT2D eigenvalue weighted by Crippen LogP contribution is -1.93. The maximum absolute atomic E-state index is 4.64. The van der Waals surface area contributed by atoms with Crippen LogP contribution in [0.4, 0.5) is 0 Å². The minimum Gasteiger partial charge on any atom is -0.224 e. The van der Waals surface area contributed by atoms with Gasteiger partial charge in [-0.1, -0.05) is 24.0 Å². The molecule has 1 aromatic rings. The number of aryl methyl sites for hydroxylation is 1. The second kappa shape index (κ2) is 3.62. The van der Waals surface area contributed by atoms with Gasteiger partial charge >= 0.3 is 0 Å². The fraction of sp³-hybridized carbons (Fsp3) is 0.500. The Bertz CT molecular complexity index is 221. The lowest BCUT2D eigenvalue weighted by Gasteiger charge is -1.91. The van der Waals surface area contributed by atoms with E-state index in [1.54, 1.807) is 17.1 Å². The van der Waals surface area contributed by atoms with E-state index in [0.717, 1.165) is 10.9 Å². The molecule has 1 rings (SSSR count). The summed E-state index contributed by atoms with van der Waals surface area (Å²) >= 11 is 6.17. The molecule has 0 saturated heterocycles. The molecule has 0 saturated carbocycles. The molecule has 1 aromatic heterocycles. The zero-order valence-corrected chi connectivity index (χ0v) is 7.02. The summed E-state index contributed by atoms with van der Waals surface area (Å²) in [5.41, 5.74) is 0. The van der Waals surface area contributed by atoms with Crippen LogP contribution in [0.3, 0.4) is 0 Å². The summed E-state index contributed by atoms with van der Waals surface area (Å²) in [5, 5.41) is 13.3. The monoisotopic (exact) mass is 174 g/mol. The van der Waals surface area contributed by atoms with E-state index in [0.29, 0.717) is 0 Å². The highest BCUT2D eigenvalue weighted by Crippen LogP contribution is 2.09. The summed E-state index contributed by atoms with van der Waals surface area (Å²) in [6, 6.07) is 0. The van der Waals surface area contributed by atoms with E-state index in [1.165, 1.54) is 11.8 Å². The topological polar surface area (TPSA) is 43.6 Å². The largest absolute Gasteiger partial charge is 0.224 e. The van der Waals surface area contributed by atoms with Gasteiger partial charge in [0.25, 0.3) is 0 Å². The predicted molar refractivity (Wildman–Crippen MR) is 43.2 cm³/mol. The van der Waals surface area contributed by atoms with Crippen LogP contribution in [-0.4, -0.2) is 31.3 Å². The Morgan fingerprint density at radius 1 is 1.80 bits per heavy atom. The Kier molecular flexibility index (Phi) is 2.76. The molecule has 0 N–H and O–H groups in total. The number of thioether (sulfide) groups is 1. The van der Waals surface area contributed by atoms with Crippen LogP contribution >= 0.6 is 24.0 Å². The maximum atomic E-state index is 4.64. The Morgan fingerprint density at radius 3 is 3.10 bits per heavy atom. The predicted octanol–water partition coefficient (Wildman–Crippen LogP) is 0.302. The Hall–Kier alpha value is -0.490. The molecule has 0 amide bonds. The van der Waals surface area contributed by atoms with Gasteiger partial charge < -0.3 is 0 Å². The Balaban J connectivity index is 2.56. The second-order valence-corrected chi connectivity index (χ2v) is 2.88. The number of thiocarbonyl (C=S) groups is 1. The first-order valence-electron chi connectivity index (χ1n) is 2.63. The molecule has 0 aliphatic carbocycles. The minimum absolute atomic E-state index is 0.767. The zero-order valence-electron chi connectivity index (χ0n) is 5.39. The maximum Gasteiger partial charge on any atom is 0.209 e. The van der Waals surface area contributed by atoms with E-state index in [1.807, 2.05) is 0 Å². The number of nitrogens with zero attached hydrogens (tertiary/aromatic N) is 4. The average Bonchev–Trinajstić information content (AvgIpc) is 2.31. The second-order valence-electron chi connectivity index (χ2n) is 1.56. The van der Waals surface area contributed by atoms with Crippen molar-refractivity contribution in [3.05, 3.63) is 0 Å². The van der Waals surface area contributed by atoms with Crippen molar-refractivity contribution in [1.29, 1.82) is 0 Å². The molecule has 54 valence electrons. The quantitative estimate of drug-likeness (QED) is 0.487. The van der Waals surface area contributed by atoms with Gasteiger partial charge in [0.05, 0.1) is 0 Å². The summed E-state index contributed by atoms with van der Waals surface area (Å²) in [4.78, 5) is 0. The molecule has 0 fully saturated rings. The number of rotatable bonds is 3. The Morgan fingerprint density at radius 2 is 2.60 bits per heavy atom. The van der Waals surface area contributed by atoms with Gasteiger partial charge in [0.1, 0.15) is 0 Å². The zero-order chi connectivity index (χ0) is 7.40. The van der Waals surface area contributed by atoms with Gasteiger partial charge in [-0.3, -0.25) is 0 Å². The van der Waals surface area contributed by atoms with Gasteiger partial charge in [-0.25, -0.2) is 4.68 Å². The van der Waals surface area contributed by atoms with Crippen molar-refractivity contribution in [2.45, 2.75) is 5.16 Å². The Labute approximate surface area is 68.0 Å². The summed E-state index contributed by atoms with van der Waals surface area (Å²) in [6.45, 7) is 0. The normalized spacial score (nSPS) is 9.70. The lowest BCUT2D eigenvalue weighted by atomic mass is 11.0. The summed E-state index contributed by atoms with van der Waals surface area (Å²) in [7, 11) is 1.80. The van der Waals surface area contributed by atoms with E-state index in [2.05, 4.69) is 27.7 Å². The van der Waals surface area contributed by atoms with Gasteiger partial charge in [-0.05, 0) is 15.8 Å². The molecule has 0 unspecified atom stereocenters. The van der Waals surface area contributed by atoms with Crippen LogP contribution in [0.5, 0.6) is 0 Å². The fourth-order valence-corrected chi connectivity index (χ4v) is 1.19. The van der Waals surface area contributed by atoms with Crippen molar-refractivity contribution in [1.82, 2.24) is 20.2 Å². The summed E-state index contributed by atoms with van der Waals surface area (Å²) in [5.74, 6) is 0.767. The van der Waals surface area contributed by atoms with Gasteiger partial charge in [0.2, 0.25) is 5.16 Å². The highest BCUT2D eigenvalue weighted by molar-refractivity contribution is 8.00. The van der Waals surface area contributed by atoms with Gasteiger partial charge in [0.15, 0.2) is 0 Å². The molecule has 0 aliphatic heterocycles. The number of aromatic nitrogens is 4. The molecule has 0 bridgehead atoms. The average molecular weight is 174 g/mol. The van der Waals surface area contributed by atoms with E-state index < -0.39 is 0 Å². The van der Waals surface area contributed by atoms with E-state index in [9.17, 15) is 0 Å². The van der Waals surface area contributed by atoms with Crippen molar-refractivity contribution < 1.29 is 0 Å². The molecule has 0 aliphatic rings. The fourth-order valence-electron chi connectivity index (χ4n) is 0.452. The third-order valence-corrected chi connectivity index (χ3v) is 2.18. The lowest BCUT2D eigenvalue weighted by molar-refractivity contribution is 0.665. The van der Waals surface area contributed by atoms with Crippen LogP contribution in [0, 0.1) is 0 Å². The van der Waals surface area contributed by atoms with Gasteiger partial charge in [0, 0.05) is 12.8 Å². The third kappa shape index (κ3) is 1.74. The third-order valence-electron chi connectivity index (χ3n) is 0.862. The number of tetrazole rings is 1. The molecule has 1 heterocycles. The van der Waals surface area contributed by atoms with Crippen LogP contribution in [-0.2, 0) is 7.05 Å². The standard InChI is InChI=1S/C4H6N4S2/c1-8-4(5-6-7-8)10-3-2-9/h2H,3H2,1H3. The molecular formula is C4H6N4S2. The van der Waals surface area contributed by atoms with Gasteiger partial charge in [-0.2, -0.15) is 0 Å². The molecule has 10 heavy (non-hydrogen) atoms. The smallest absolute Gasteiger partial charge is 0.209 e. The first-order valence-corrected chi connectivity index (χ1v) is 4.09. The molecule has 0 spiro atoms. The molecule has 4 nitrogen and oxygen atoms in total. The van der Waals surface area contributed by atoms with Crippen LogP contribution in [0.15, 0.2) is 5.16 Å². The molecule has 0 atom stereocenters. The first kappa shape index (κ1) is 7.62. The number of hydrogen-bond donors (Lipinski definition) is 0. The highest BCUT2D eigenvalue weighted by atomic mass is 32.2. The molecule has 0 radical (unpaired) electrons. The molecule has 6 heteroatoms. The highest BCUT2D eigenvalue weighted by Gasteiger charge is 1.98. The van der Waals surface area contributed by atoms with Crippen LogP contribution in [0.1, 0.15) is 0 Å². The van der Waals surface area contributed by atoms with E-state index >= 15 is 0 Å².